The lowest BCUT2D eigenvalue weighted by Crippen LogP contribution is -2.58. The van der Waals surface area contributed by atoms with Crippen molar-refractivity contribution in [1.29, 1.82) is 0 Å². The molecule has 0 bridgehead atoms. The molecule has 0 aromatic carbocycles. The molecule has 0 aliphatic heterocycles. The summed E-state index contributed by atoms with van der Waals surface area (Å²) < 4.78 is 0. The van der Waals surface area contributed by atoms with Crippen molar-refractivity contribution in [2.45, 2.75) is 104 Å². The van der Waals surface area contributed by atoms with E-state index in [0.29, 0.717) is 23.7 Å². The molecule has 4 rings (SSSR count). The molecular weight excluding hydrogens is 372 g/mol. The standard InChI is InChI=1S/C27H44O3/c1-16(2)7-6-8-17(3)20-11-12-21-19-10-9-18-15-23(28)24(29)25(30)27(18,5)22(19)13-14-26(20,21)4/h9-10,16-17,20-25,28-30H,6-8,11-15H2,1-5H3/t17-,20-,21+,22+,23-,24+,25+,26-,27+/m1/s1. The maximum Gasteiger partial charge on any atom is 0.107 e. The van der Waals surface area contributed by atoms with Crippen LogP contribution in [0.1, 0.15) is 86.0 Å². The Balaban J connectivity index is 1.57. The van der Waals surface area contributed by atoms with Crippen molar-refractivity contribution in [3.05, 3.63) is 23.3 Å². The smallest absolute Gasteiger partial charge is 0.107 e. The molecule has 0 saturated heterocycles. The van der Waals surface area contributed by atoms with Gasteiger partial charge >= 0.3 is 0 Å². The number of hydrogen-bond donors (Lipinski definition) is 3. The van der Waals surface area contributed by atoms with Crippen molar-refractivity contribution in [3.8, 4) is 0 Å². The lowest BCUT2D eigenvalue weighted by molar-refractivity contribution is -0.137. The first kappa shape index (κ1) is 22.6. The minimum absolute atomic E-state index is 0.294. The molecular formula is C27H44O3. The van der Waals surface area contributed by atoms with Crippen molar-refractivity contribution in [2.75, 3.05) is 0 Å². The SMILES string of the molecule is CC(C)CCC[C@@H](C)[C@H]1CC[C@H]2C3=CC=C4C[C@@H](O)[C@H](O)[C@H](O)[C@]4(C)[C@H]3CC[C@]12C. The predicted molar refractivity (Wildman–Crippen MR) is 122 cm³/mol. The zero-order valence-electron chi connectivity index (χ0n) is 19.8. The van der Waals surface area contributed by atoms with Gasteiger partial charge in [0.2, 0.25) is 0 Å². The van der Waals surface area contributed by atoms with Gasteiger partial charge in [-0.3, -0.25) is 0 Å². The van der Waals surface area contributed by atoms with Gasteiger partial charge in [-0.1, -0.05) is 77.2 Å². The Bertz CT molecular complexity index is 709. The van der Waals surface area contributed by atoms with Crippen LogP contribution >= 0.6 is 0 Å². The summed E-state index contributed by atoms with van der Waals surface area (Å²) in [6.45, 7) is 11.8. The molecule has 3 heteroatoms. The molecule has 0 heterocycles. The topological polar surface area (TPSA) is 60.7 Å². The first-order chi connectivity index (χ1) is 14.1. The van der Waals surface area contributed by atoms with Crippen LogP contribution in [-0.2, 0) is 0 Å². The van der Waals surface area contributed by atoms with Crippen molar-refractivity contribution in [3.63, 3.8) is 0 Å². The molecule has 0 amide bonds. The second kappa shape index (κ2) is 8.05. The van der Waals surface area contributed by atoms with Crippen molar-refractivity contribution >= 4 is 0 Å². The van der Waals surface area contributed by atoms with Crippen molar-refractivity contribution in [1.82, 2.24) is 0 Å². The zero-order chi connectivity index (χ0) is 21.8. The Morgan fingerprint density at radius 2 is 1.70 bits per heavy atom. The monoisotopic (exact) mass is 416 g/mol. The van der Waals surface area contributed by atoms with Gasteiger partial charge in [0, 0.05) is 5.41 Å². The first-order valence-corrected chi connectivity index (χ1v) is 12.6. The number of aliphatic hydroxyl groups is 3. The molecule has 170 valence electrons. The van der Waals surface area contributed by atoms with E-state index in [2.05, 4.69) is 46.8 Å². The highest BCUT2D eigenvalue weighted by atomic mass is 16.4. The Hall–Kier alpha value is -0.640. The maximum absolute atomic E-state index is 11.1. The second-order valence-corrected chi connectivity index (χ2v) is 12.0. The Labute approximate surface area is 183 Å². The van der Waals surface area contributed by atoms with Crippen LogP contribution < -0.4 is 0 Å². The van der Waals surface area contributed by atoms with Crippen molar-refractivity contribution < 1.29 is 15.3 Å². The molecule has 0 radical (unpaired) electrons. The van der Waals surface area contributed by atoms with Crippen LogP contribution in [-0.4, -0.2) is 33.6 Å². The van der Waals surface area contributed by atoms with Gasteiger partial charge in [-0.2, -0.15) is 0 Å². The lowest BCUT2D eigenvalue weighted by atomic mass is 9.49. The molecule has 30 heavy (non-hydrogen) atoms. The number of fused-ring (bicyclic) bond motifs is 5. The van der Waals surface area contributed by atoms with E-state index in [4.69, 9.17) is 0 Å². The van der Waals surface area contributed by atoms with Crippen LogP contribution in [0.4, 0.5) is 0 Å². The van der Waals surface area contributed by atoms with Gasteiger partial charge < -0.3 is 15.3 Å². The summed E-state index contributed by atoms with van der Waals surface area (Å²) in [6.07, 6.45) is 11.1. The molecule has 3 fully saturated rings. The normalized spacial score (nSPS) is 46.6. The molecule has 0 spiro atoms. The maximum atomic E-state index is 11.1. The summed E-state index contributed by atoms with van der Waals surface area (Å²) in [7, 11) is 0. The number of hydrogen-bond acceptors (Lipinski definition) is 3. The van der Waals surface area contributed by atoms with Gasteiger partial charge in [0.1, 0.15) is 6.10 Å². The minimum atomic E-state index is -1.04. The molecule has 0 aromatic rings. The largest absolute Gasteiger partial charge is 0.390 e. The molecule has 4 aliphatic carbocycles. The third-order valence-corrected chi connectivity index (χ3v) is 9.97. The fraction of sp³-hybridized carbons (Fsp3) is 0.852. The number of allylic oxidation sites excluding steroid dienone is 3. The molecule has 4 aliphatic rings. The van der Waals surface area contributed by atoms with E-state index in [1.807, 2.05) is 0 Å². The van der Waals surface area contributed by atoms with Gasteiger partial charge in [0.25, 0.3) is 0 Å². The van der Waals surface area contributed by atoms with Crippen LogP contribution in [0.2, 0.25) is 0 Å². The van der Waals surface area contributed by atoms with Gasteiger partial charge in [-0.15, -0.1) is 0 Å². The third kappa shape index (κ3) is 3.35. The molecule has 3 nitrogen and oxygen atoms in total. The van der Waals surface area contributed by atoms with E-state index in [1.165, 1.54) is 44.1 Å². The molecule has 0 aromatic heterocycles. The van der Waals surface area contributed by atoms with E-state index >= 15 is 0 Å². The molecule has 3 N–H and O–H groups in total. The van der Waals surface area contributed by atoms with E-state index in [-0.39, 0.29) is 0 Å². The average Bonchev–Trinajstić information content (AvgIpc) is 3.04. The van der Waals surface area contributed by atoms with E-state index in [9.17, 15) is 15.3 Å². The number of rotatable bonds is 5. The highest BCUT2D eigenvalue weighted by molar-refractivity contribution is 5.40. The third-order valence-electron chi connectivity index (χ3n) is 9.97. The zero-order valence-corrected chi connectivity index (χ0v) is 19.8. The van der Waals surface area contributed by atoms with Crippen LogP contribution in [0.3, 0.4) is 0 Å². The second-order valence-electron chi connectivity index (χ2n) is 12.0. The average molecular weight is 417 g/mol. The summed E-state index contributed by atoms with van der Waals surface area (Å²) in [5.74, 6) is 3.25. The fourth-order valence-corrected chi connectivity index (χ4v) is 8.09. The minimum Gasteiger partial charge on any atom is -0.390 e. The molecule has 9 atom stereocenters. The van der Waals surface area contributed by atoms with Crippen LogP contribution in [0.5, 0.6) is 0 Å². The highest BCUT2D eigenvalue weighted by Crippen LogP contribution is 2.66. The van der Waals surface area contributed by atoms with Crippen molar-refractivity contribution in [2.24, 2.45) is 40.4 Å². The lowest BCUT2D eigenvalue weighted by Gasteiger charge is -2.57. The summed E-state index contributed by atoms with van der Waals surface area (Å²) in [6, 6.07) is 0. The Kier molecular flexibility index (Phi) is 6.05. The van der Waals surface area contributed by atoms with Gasteiger partial charge in [-0.05, 0) is 67.1 Å². The summed E-state index contributed by atoms with van der Waals surface area (Å²) >= 11 is 0. The highest BCUT2D eigenvalue weighted by Gasteiger charge is 2.60. The summed E-state index contributed by atoms with van der Waals surface area (Å²) in [5, 5.41) is 31.7. The molecule has 3 saturated carbocycles. The van der Waals surface area contributed by atoms with E-state index < -0.39 is 23.7 Å². The Morgan fingerprint density at radius 1 is 0.967 bits per heavy atom. The Morgan fingerprint density at radius 3 is 2.40 bits per heavy atom. The predicted octanol–water partition coefficient (Wildman–Crippen LogP) is 5.25. The van der Waals surface area contributed by atoms with E-state index in [1.54, 1.807) is 0 Å². The van der Waals surface area contributed by atoms with E-state index in [0.717, 1.165) is 29.7 Å². The van der Waals surface area contributed by atoms with Gasteiger partial charge in [-0.25, -0.2) is 0 Å². The fourth-order valence-electron chi connectivity index (χ4n) is 8.09. The summed E-state index contributed by atoms with van der Waals surface area (Å²) in [5.41, 5.74) is 2.57. The van der Waals surface area contributed by atoms with Gasteiger partial charge in [0.15, 0.2) is 0 Å². The van der Waals surface area contributed by atoms with Crippen LogP contribution in [0.25, 0.3) is 0 Å². The van der Waals surface area contributed by atoms with Gasteiger partial charge in [0.05, 0.1) is 12.2 Å². The van der Waals surface area contributed by atoms with Crippen LogP contribution in [0.15, 0.2) is 23.3 Å². The summed E-state index contributed by atoms with van der Waals surface area (Å²) in [4.78, 5) is 0. The first-order valence-electron chi connectivity index (χ1n) is 12.6. The quantitative estimate of drug-likeness (QED) is 0.573. The van der Waals surface area contributed by atoms with Crippen LogP contribution in [0, 0.1) is 40.4 Å². The number of aliphatic hydroxyl groups excluding tert-OH is 3. The molecule has 0 unspecified atom stereocenters.